The fourth-order valence-electron chi connectivity index (χ4n) is 1.44. The molecular weight excluding hydrogens is 273 g/mol. The number of alkyl halides is 3. The molecule has 0 aliphatic carbocycles. The molecule has 4 nitrogen and oxygen atoms in total. The van der Waals surface area contributed by atoms with Gasteiger partial charge in [-0.3, -0.25) is 0 Å². The summed E-state index contributed by atoms with van der Waals surface area (Å²) < 4.78 is 64.4. The van der Waals surface area contributed by atoms with Gasteiger partial charge in [0.2, 0.25) is 0 Å². The molecule has 8 heteroatoms. The summed E-state index contributed by atoms with van der Waals surface area (Å²) >= 11 is 0. The Morgan fingerprint density at radius 2 is 1.94 bits per heavy atom. The highest BCUT2D eigenvalue weighted by atomic mass is 32.2. The van der Waals surface area contributed by atoms with Crippen molar-refractivity contribution < 1.29 is 31.4 Å². The van der Waals surface area contributed by atoms with Gasteiger partial charge < -0.3 is 9.84 Å². The number of rotatable bonds is 1. The molecule has 0 amide bonds. The summed E-state index contributed by atoms with van der Waals surface area (Å²) in [5.74, 6) is 0.0259. The molecule has 0 spiro atoms. The Balaban J connectivity index is 2.55. The van der Waals surface area contributed by atoms with Gasteiger partial charge in [0, 0.05) is 5.56 Å². The van der Waals surface area contributed by atoms with Gasteiger partial charge in [-0.15, -0.1) is 0 Å². The normalized spacial score (nSPS) is 15.6. The molecule has 18 heavy (non-hydrogen) atoms. The van der Waals surface area contributed by atoms with Crippen LogP contribution in [0.15, 0.2) is 28.9 Å². The number of hydrogen-bond acceptors (Lipinski definition) is 4. The topological polar surface area (TPSA) is 63.6 Å². The van der Waals surface area contributed by atoms with Gasteiger partial charge in [0.1, 0.15) is 18.1 Å². The Kier molecular flexibility index (Phi) is 2.77. The van der Waals surface area contributed by atoms with E-state index in [0.29, 0.717) is 0 Å². The van der Waals surface area contributed by atoms with Gasteiger partial charge in [0.25, 0.3) is 9.84 Å². The SMILES string of the molecule is O=S(=O)(c1ccc2c(c1)C=C(O)CO2)C(F)(F)F. The van der Waals surface area contributed by atoms with Gasteiger partial charge in [-0.05, 0) is 24.3 Å². The van der Waals surface area contributed by atoms with E-state index in [-0.39, 0.29) is 23.7 Å². The third-order valence-corrected chi connectivity index (χ3v) is 3.78. The Labute approximate surface area is 100 Å². The lowest BCUT2D eigenvalue weighted by atomic mass is 10.1. The van der Waals surface area contributed by atoms with E-state index in [1.165, 1.54) is 0 Å². The van der Waals surface area contributed by atoms with Gasteiger partial charge in [-0.1, -0.05) is 0 Å². The standard InChI is InChI=1S/C10H7F3O4S/c11-10(12,13)18(15,16)8-1-2-9-6(4-8)3-7(14)5-17-9/h1-4,14H,5H2. The third kappa shape index (κ3) is 2.03. The quantitative estimate of drug-likeness (QED) is 0.857. The highest BCUT2D eigenvalue weighted by molar-refractivity contribution is 7.92. The van der Waals surface area contributed by atoms with Crippen LogP contribution in [0.1, 0.15) is 5.56 Å². The van der Waals surface area contributed by atoms with Gasteiger partial charge in [0.15, 0.2) is 0 Å². The molecule has 0 fully saturated rings. The van der Waals surface area contributed by atoms with Crippen LogP contribution in [0, 0.1) is 0 Å². The van der Waals surface area contributed by atoms with E-state index in [1.54, 1.807) is 0 Å². The summed E-state index contributed by atoms with van der Waals surface area (Å²) in [4.78, 5) is -0.886. The number of hydrogen-bond donors (Lipinski definition) is 1. The maximum Gasteiger partial charge on any atom is 0.501 e. The Morgan fingerprint density at radius 3 is 2.56 bits per heavy atom. The minimum absolute atomic E-state index is 0.0871. The monoisotopic (exact) mass is 280 g/mol. The first kappa shape index (κ1) is 12.7. The molecule has 0 aromatic heterocycles. The van der Waals surface area contributed by atoms with Gasteiger partial charge >= 0.3 is 5.51 Å². The summed E-state index contributed by atoms with van der Waals surface area (Å²) in [6.07, 6.45) is 1.16. The first-order valence-corrected chi connectivity index (χ1v) is 6.18. The molecule has 0 bridgehead atoms. The van der Waals surface area contributed by atoms with Crippen LogP contribution in [-0.4, -0.2) is 25.6 Å². The molecule has 1 aliphatic heterocycles. The zero-order valence-electron chi connectivity index (χ0n) is 8.73. The number of benzene rings is 1. The van der Waals surface area contributed by atoms with Crippen LogP contribution in [0.2, 0.25) is 0 Å². The van der Waals surface area contributed by atoms with E-state index in [2.05, 4.69) is 0 Å². The Hall–Kier alpha value is -1.70. The molecule has 2 rings (SSSR count). The second-order valence-corrected chi connectivity index (χ2v) is 5.51. The maximum absolute atomic E-state index is 12.3. The maximum atomic E-state index is 12.3. The first-order chi connectivity index (χ1) is 8.22. The Morgan fingerprint density at radius 1 is 1.28 bits per heavy atom. The third-order valence-electron chi connectivity index (χ3n) is 2.29. The van der Waals surface area contributed by atoms with Crippen LogP contribution in [0.5, 0.6) is 5.75 Å². The lowest BCUT2D eigenvalue weighted by molar-refractivity contribution is -0.0436. The molecule has 0 radical (unpaired) electrons. The Bertz CT molecular complexity index is 617. The number of sulfone groups is 1. The highest BCUT2D eigenvalue weighted by Crippen LogP contribution is 2.34. The van der Waals surface area contributed by atoms with Crippen LogP contribution in [0.4, 0.5) is 13.2 Å². The van der Waals surface area contributed by atoms with E-state index in [4.69, 9.17) is 4.74 Å². The zero-order chi connectivity index (χ0) is 13.6. The largest absolute Gasteiger partial charge is 0.509 e. The number of aliphatic hydroxyl groups excluding tert-OH is 1. The minimum atomic E-state index is -5.39. The molecule has 1 aliphatic rings. The van der Waals surface area contributed by atoms with Crippen molar-refractivity contribution in [3.63, 3.8) is 0 Å². The van der Waals surface area contributed by atoms with E-state index in [9.17, 15) is 26.7 Å². The lowest BCUT2D eigenvalue weighted by Gasteiger charge is -2.16. The smallest absolute Gasteiger partial charge is 0.501 e. The van der Waals surface area contributed by atoms with E-state index < -0.39 is 20.2 Å². The van der Waals surface area contributed by atoms with Crippen molar-refractivity contribution in [2.24, 2.45) is 0 Å². The average molecular weight is 280 g/mol. The van der Waals surface area contributed by atoms with E-state index in [1.807, 2.05) is 0 Å². The number of ether oxygens (including phenoxy) is 1. The molecule has 0 saturated carbocycles. The second-order valence-electron chi connectivity index (χ2n) is 3.57. The van der Waals surface area contributed by atoms with Gasteiger partial charge in [-0.2, -0.15) is 13.2 Å². The lowest BCUT2D eigenvalue weighted by Crippen LogP contribution is -2.23. The van der Waals surface area contributed by atoms with Crippen molar-refractivity contribution in [1.82, 2.24) is 0 Å². The second kappa shape index (κ2) is 3.91. The van der Waals surface area contributed by atoms with E-state index in [0.717, 1.165) is 24.3 Å². The van der Waals surface area contributed by atoms with E-state index >= 15 is 0 Å². The number of halogens is 3. The van der Waals surface area contributed by atoms with Crippen LogP contribution < -0.4 is 4.74 Å². The molecular formula is C10H7F3O4S. The summed E-state index contributed by atoms with van der Waals surface area (Å²) in [7, 11) is -5.39. The molecule has 0 unspecified atom stereocenters. The predicted molar refractivity (Wildman–Crippen MR) is 55.8 cm³/mol. The summed E-state index contributed by atoms with van der Waals surface area (Å²) in [5, 5.41) is 9.17. The number of aliphatic hydroxyl groups is 1. The van der Waals surface area contributed by atoms with Gasteiger partial charge in [-0.25, -0.2) is 8.42 Å². The minimum Gasteiger partial charge on any atom is -0.509 e. The van der Waals surface area contributed by atoms with Crippen molar-refractivity contribution in [3.8, 4) is 5.75 Å². The van der Waals surface area contributed by atoms with Crippen LogP contribution in [0.25, 0.3) is 6.08 Å². The molecule has 1 N–H and O–H groups in total. The zero-order valence-corrected chi connectivity index (χ0v) is 9.55. The molecule has 1 heterocycles. The van der Waals surface area contributed by atoms with Crippen molar-refractivity contribution >= 4 is 15.9 Å². The van der Waals surface area contributed by atoms with Crippen LogP contribution >= 0.6 is 0 Å². The highest BCUT2D eigenvalue weighted by Gasteiger charge is 2.47. The average Bonchev–Trinajstić information content (AvgIpc) is 2.26. The molecule has 0 saturated heterocycles. The molecule has 98 valence electrons. The molecule has 1 aromatic carbocycles. The first-order valence-electron chi connectivity index (χ1n) is 4.69. The van der Waals surface area contributed by atoms with Crippen molar-refractivity contribution in [2.75, 3.05) is 6.61 Å². The summed E-state index contributed by atoms with van der Waals surface area (Å²) in [6, 6.07) is 2.75. The summed E-state index contributed by atoms with van der Waals surface area (Å²) in [5.41, 5.74) is -5.27. The summed E-state index contributed by atoms with van der Waals surface area (Å²) in [6.45, 7) is -0.0988. The van der Waals surface area contributed by atoms with Crippen LogP contribution in [0.3, 0.4) is 0 Å². The van der Waals surface area contributed by atoms with Crippen molar-refractivity contribution in [2.45, 2.75) is 10.4 Å². The molecule has 1 aromatic rings. The van der Waals surface area contributed by atoms with Crippen LogP contribution in [-0.2, 0) is 9.84 Å². The van der Waals surface area contributed by atoms with Crippen molar-refractivity contribution in [1.29, 1.82) is 0 Å². The molecule has 0 atom stereocenters. The van der Waals surface area contributed by atoms with Crippen molar-refractivity contribution in [3.05, 3.63) is 29.5 Å². The van der Waals surface area contributed by atoms with Gasteiger partial charge in [0.05, 0.1) is 4.90 Å². The fourth-order valence-corrected chi connectivity index (χ4v) is 2.24. The number of fused-ring (bicyclic) bond motifs is 1. The fraction of sp³-hybridized carbons (Fsp3) is 0.200. The predicted octanol–water partition coefficient (Wildman–Crippen LogP) is 2.27.